The van der Waals surface area contributed by atoms with Crippen LogP contribution in [-0.4, -0.2) is 17.6 Å². The van der Waals surface area contributed by atoms with Crippen LogP contribution in [0.25, 0.3) is 16.9 Å². The first-order valence-electron chi connectivity index (χ1n) is 10.6. The average molecular weight is 523 g/mol. The maximum atomic E-state index is 13.3. The number of nitrogen functional groups attached to an aromatic ring is 1. The molecule has 0 atom stereocenters. The highest BCUT2D eigenvalue weighted by atomic mass is 79.9. The summed E-state index contributed by atoms with van der Waals surface area (Å²) in [6.07, 6.45) is 0. The number of methoxy groups -OCH3 is 1. The van der Waals surface area contributed by atoms with Crippen molar-refractivity contribution < 1.29 is 18.7 Å². The van der Waals surface area contributed by atoms with Crippen molar-refractivity contribution in [1.82, 2.24) is 4.57 Å². The van der Waals surface area contributed by atoms with Crippen LogP contribution in [0.5, 0.6) is 5.75 Å². The summed E-state index contributed by atoms with van der Waals surface area (Å²) in [5.41, 5.74) is 12.1. The number of aromatic nitrogens is 1. The molecule has 0 unspecified atom stereocenters. The molecule has 174 valence electrons. The lowest BCUT2D eigenvalue weighted by Gasteiger charge is -2.19. The number of anilines is 1. The highest BCUT2D eigenvalue weighted by Crippen LogP contribution is 2.37. The summed E-state index contributed by atoms with van der Waals surface area (Å²) in [5, 5.41) is 0. The lowest BCUT2D eigenvalue weighted by atomic mass is 10.0. The first kappa shape index (κ1) is 23.6. The molecule has 1 aromatic heterocycles. The summed E-state index contributed by atoms with van der Waals surface area (Å²) < 4.78 is 27.3. The Kier molecular flexibility index (Phi) is 6.75. The molecule has 3 aromatic carbocycles. The third kappa shape index (κ3) is 4.70. The second-order valence-electron chi connectivity index (χ2n) is 7.96. The zero-order chi connectivity index (χ0) is 24.4. The van der Waals surface area contributed by atoms with E-state index < -0.39 is 5.97 Å². The molecule has 34 heavy (non-hydrogen) atoms. The van der Waals surface area contributed by atoms with E-state index in [0.717, 1.165) is 38.2 Å². The summed E-state index contributed by atoms with van der Waals surface area (Å²) in [4.78, 5) is 12.4. The smallest absolute Gasteiger partial charge is 0.338 e. The summed E-state index contributed by atoms with van der Waals surface area (Å²) >= 11 is 3.56. The van der Waals surface area contributed by atoms with Gasteiger partial charge in [0.1, 0.15) is 18.2 Å². The van der Waals surface area contributed by atoms with Gasteiger partial charge in [0.25, 0.3) is 0 Å². The zero-order valence-electron chi connectivity index (χ0n) is 19.1. The van der Waals surface area contributed by atoms with Crippen LogP contribution in [-0.2, 0) is 11.3 Å². The highest BCUT2D eigenvalue weighted by Gasteiger charge is 2.20. The second-order valence-corrected chi connectivity index (χ2v) is 8.87. The third-order valence-electron chi connectivity index (χ3n) is 5.65. The fraction of sp³-hybridized carbons (Fsp3) is 0.148. The number of rotatable bonds is 6. The van der Waals surface area contributed by atoms with Gasteiger partial charge in [-0.05, 0) is 79.6 Å². The van der Waals surface area contributed by atoms with E-state index in [0.29, 0.717) is 23.6 Å². The molecule has 5 nitrogen and oxygen atoms in total. The molecule has 4 rings (SSSR count). The third-order valence-corrected chi connectivity index (χ3v) is 6.14. The van der Waals surface area contributed by atoms with Crippen molar-refractivity contribution in [2.45, 2.75) is 20.5 Å². The van der Waals surface area contributed by atoms with E-state index in [1.165, 1.54) is 19.2 Å². The van der Waals surface area contributed by atoms with Gasteiger partial charge in [0.2, 0.25) is 0 Å². The average Bonchev–Trinajstić information content (AvgIpc) is 3.21. The monoisotopic (exact) mass is 522 g/mol. The van der Waals surface area contributed by atoms with Gasteiger partial charge in [-0.25, -0.2) is 9.18 Å². The van der Waals surface area contributed by atoms with E-state index in [1.54, 1.807) is 18.2 Å². The van der Waals surface area contributed by atoms with Crippen molar-refractivity contribution in [2.75, 3.05) is 12.8 Å². The first-order chi connectivity index (χ1) is 16.3. The predicted molar refractivity (Wildman–Crippen MR) is 135 cm³/mol. The SMILES string of the molecule is COC(=O)c1cc(N)cc(-n2c(C)ccc2-c2cc(Br)ccc2OCc2ccc(F)cc2)c1C. The van der Waals surface area contributed by atoms with E-state index in [2.05, 4.69) is 15.9 Å². The topological polar surface area (TPSA) is 66.5 Å². The molecular formula is C27H24BrFN2O3. The van der Waals surface area contributed by atoms with Gasteiger partial charge in [-0.15, -0.1) is 0 Å². The predicted octanol–water partition coefficient (Wildman–Crippen LogP) is 6.61. The Morgan fingerprint density at radius 3 is 2.47 bits per heavy atom. The molecule has 4 aromatic rings. The Hall–Kier alpha value is -3.58. The molecule has 0 aliphatic heterocycles. The minimum absolute atomic E-state index is 0.287. The van der Waals surface area contributed by atoms with Gasteiger partial charge in [0, 0.05) is 21.4 Å². The lowest BCUT2D eigenvalue weighted by Crippen LogP contribution is -2.10. The first-order valence-corrected chi connectivity index (χ1v) is 11.4. The molecule has 1 heterocycles. The number of ether oxygens (including phenoxy) is 2. The number of nitrogens with two attached hydrogens (primary N) is 1. The Balaban J connectivity index is 1.81. The molecule has 0 saturated carbocycles. The maximum absolute atomic E-state index is 13.3. The van der Waals surface area contributed by atoms with E-state index in [9.17, 15) is 9.18 Å². The van der Waals surface area contributed by atoms with E-state index in [4.69, 9.17) is 15.2 Å². The van der Waals surface area contributed by atoms with Gasteiger partial charge in [-0.1, -0.05) is 28.1 Å². The lowest BCUT2D eigenvalue weighted by molar-refractivity contribution is 0.0600. The molecule has 0 bridgehead atoms. The van der Waals surface area contributed by atoms with E-state index >= 15 is 0 Å². The standard InChI is InChI=1S/C27H24BrFN2O3/c1-16-4-10-24(31(16)25-14-21(30)13-22(17(25)2)27(32)33-3)23-12-19(28)7-11-26(23)34-15-18-5-8-20(29)9-6-18/h4-14H,15,30H2,1-3H3. The molecule has 2 N–H and O–H groups in total. The molecule has 0 aliphatic rings. The van der Waals surface area contributed by atoms with Crippen molar-refractivity contribution >= 4 is 27.6 Å². The van der Waals surface area contributed by atoms with Gasteiger partial charge in [-0.2, -0.15) is 0 Å². The van der Waals surface area contributed by atoms with Crippen LogP contribution in [0.4, 0.5) is 10.1 Å². The van der Waals surface area contributed by atoms with Gasteiger partial charge in [0.15, 0.2) is 0 Å². The van der Waals surface area contributed by atoms with E-state index in [1.807, 2.05) is 54.8 Å². The number of nitrogens with zero attached hydrogens (tertiary/aromatic N) is 1. The number of benzene rings is 3. The summed E-state index contributed by atoms with van der Waals surface area (Å²) in [6.45, 7) is 4.15. The van der Waals surface area contributed by atoms with Crippen LogP contribution in [0.15, 0.2) is 71.2 Å². The van der Waals surface area contributed by atoms with Gasteiger partial charge < -0.3 is 19.8 Å². The molecular weight excluding hydrogens is 499 g/mol. The second kappa shape index (κ2) is 9.73. The van der Waals surface area contributed by atoms with Crippen LogP contribution in [0.3, 0.4) is 0 Å². The minimum Gasteiger partial charge on any atom is -0.488 e. The molecule has 0 fully saturated rings. The number of carbonyl (C=O) groups is 1. The summed E-state index contributed by atoms with van der Waals surface area (Å²) in [6, 6.07) is 19.5. The van der Waals surface area contributed by atoms with E-state index in [-0.39, 0.29) is 5.82 Å². The Labute approximate surface area is 206 Å². The van der Waals surface area contributed by atoms with Crippen molar-refractivity contribution in [3.8, 4) is 22.7 Å². The number of hydrogen-bond donors (Lipinski definition) is 1. The Bertz CT molecular complexity index is 1360. The normalized spacial score (nSPS) is 10.9. The number of carbonyl (C=O) groups excluding carboxylic acids is 1. The quantitative estimate of drug-likeness (QED) is 0.228. The van der Waals surface area contributed by atoms with Crippen LogP contribution >= 0.6 is 15.9 Å². The zero-order valence-corrected chi connectivity index (χ0v) is 20.6. The van der Waals surface area contributed by atoms with Crippen molar-refractivity contribution in [1.29, 1.82) is 0 Å². The Morgan fingerprint density at radius 2 is 1.76 bits per heavy atom. The van der Waals surface area contributed by atoms with Crippen LogP contribution < -0.4 is 10.5 Å². The number of aryl methyl sites for hydroxylation is 1. The molecule has 0 saturated heterocycles. The van der Waals surface area contributed by atoms with Gasteiger partial charge >= 0.3 is 5.97 Å². The van der Waals surface area contributed by atoms with Crippen molar-refractivity contribution in [2.24, 2.45) is 0 Å². The van der Waals surface area contributed by atoms with Gasteiger partial charge in [0.05, 0.1) is 24.1 Å². The molecule has 0 aliphatic carbocycles. The number of halogens is 2. The minimum atomic E-state index is -0.441. The van der Waals surface area contributed by atoms with Crippen LogP contribution in [0.1, 0.15) is 27.2 Å². The molecule has 0 radical (unpaired) electrons. The fourth-order valence-corrected chi connectivity index (χ4v) is 4.27. The number of hydrogen-bond acceptors (Lipinski definition) is 4. The van der Waals surface area contributed by atoms with Crippen LogP contribution in [0, 0.1) is 19.7 Å². The fourth-order valence-electron chi connectivity index (χ4n) is 3.91. The molecule has 0 spiro atoms. The van der Waals surface area contributed by atoms with Crippen molar-refractivity contribution in [3.63, 3.8) is 0 Å². The molecule has 7 heteroatoms. The summed E-state index contributed by atoms with van der Waals surface area (Å²) in [5.74, 6) is -0.0602. The van der Waals surface area contributed by atoms with Crippen molar-refractivity contribution in [3.05, 3.63) is 99.4 Å². The molecule has 0 amide bonds. The van der Waals surface area contributed by atoms with Crippen LogP contribution in [0.2, 0.25) is 0 Å². The highest BCUT2D eigenvalue weighted by molar-refractivity contribution is 9.10. The van der Waals surface area contributed by atoms with Gasteiger partial charge in [-0.3, -0.25) is 0 Å². The largest absolute Gasteiger partial charge is 0.488 e. The Morgan fingerprint density at radius 1 is 1.03 bits per heavy atom. The number of esters is 1. The summed E-state index contributed by atoms with van der Waals surface area (Å²) in [7, 11) is 1.35. The maximum Gasteiger partial charge on any atom is 0.338 e.